The molecule has 3 aromatic rings. The lowest BCUT2D eigenvalue weighted by Gasteiger charge is -2.04. The molecule has 0 saturated heterocycles. The van der Waals surface area contributed by atoms with Gasteiger partial charge >= 0.3 is 0 Å². The molecule has 1 heterocycles. The predicted molar refractivity (Wildman–Crippen MR) is 115 cm³/mol. The summed E-state index contributed by atoms with van der Waals surface area (Å²) < 4.78 is 0. The number of aromatic nitrogens is 3. The molecule has 0 aliphatic carbocycles. The first-order valence-electron chi connectivity index (χ1n) is 10.5. The van der Waals surface area contributed by atoms with Gasteiger partial charge in [0.25, 0.3) is 0 Å². The Hall–Kier alpha value is -2.69. The lowest BCUT2D eigenvalue weighted by Crippen LogP contribution is -2.10. The zero-order chi connectivity index (χ0) is 19.8. The number of unbranched alkanes of at least 4 members (excludes halogenated alkanes) is 4. The number of rotatable bonds is 10. The summed E-state index contributed by atoms with van der Waals surface area (Å²) in [5.41, 5.74) is 4.65. The van der Waals surface area contributed by atoms with Crippen LogP contribution in [0, 0.1) is 0 Å². The summed E-state index contributed by atoms with van der Waals surface area (Å²) in [6.07, 6.45) is 8.47. The van der Waals surface area contributed by atoms with Crippen molar-refractivity contribution in [3.63, 3.8) is 0 Å². The van der Waals surface area contributed by atoms with Crippen LogP contribution in [0.4, 0.5) is 5.69 Å². The van der Waals surface area contributed by atoms with Gasteiger partial charge in [-0.05, 0) is 55.2 Å². The van der Waals surface area contributed by atoms with Gasteiger partial charge in [0.1, 0.15) is 11.0 Å². The number of fused-ring (bicyclic) bond motifs is 1. The van der Waals surface area contributed by atoms with Crippen LogP contribution in [0.15, 0.2) is 42.5 Å². The molecular weight excluding hydrogens is 348 g/mol. The lowest BCUT2D eigenvalue weighted by molar-refractivity contribution is -0.116. The zero-order valence-corrected chi connectivity index (χ0v) is 16.9. The van der Waals surface area contributed by atoms with Gasteiger partial charge in [0.05, 0.1) is 5.69 Å². The third kappa shape index (κ3) is 5.41. The molecule has 5 heteroatoms. The Balaban J connectivity index is 1.66. The summed E-state index contributed by atoms with van der Waals surface area (Å²) in [5.74, 6) is 0.0607. The number of hydrogen-bond donors (Lipinski definition) is 1. The molecule has 0 atom stereocenters. The van der Waals surface area contributed by atoms with Crippen molar-refractivity contribution in [2.75, 3.05) is 5.32 Å². The summed E-state index contributed by atoms with van der Waals surface area (Å²) >= 11 is 0. The molecule has 0 aliphatic heterocycles. The average molecular weight is 379 g/mol. The number of benzene rings is 2. The zero-order valence-electron chi connectivity index (χ0n) is 16.9. The van der Waals surface area contributed by atoms with E-state index >= 15 is 0 Å². The third-order valence-electron chi connectivity index (χ3n) is 4.91. The Morgan fingerprint density at radius 2 is 1.64 bits per heavy atom. The summed E-state index contributed by atoms with van der Waals surface area (Å²) in [5, 5.41) is 12.1. The number of hydrogen-bond acceptors (Lipinski definition) is 3. The average Bonchev–Trinajstić information content (AvgIpc) is 3.13. The van der Waals surface area contributed by atoms with Gasteiger partial charge in [-0.15, -0.1) is 10.2 Å². The number of nitrogens with one attached hydrogen (secondary N) is 1. The number of anilines is 1. The van der Waals surface area contributed by atoms with Crippen LogP contribution in [0.5, 0.6) is 0 Å². The fourth-order valence-corrected chi connectivity index (χ4v) is 3.22. The molecule has 148 valence electrons. The molecule has 0 unspecified atom stereocenters. The van der Waals surface area contributed by atoms with E-state index in [1.165, 1.54) is 31.2 Å². The highest BCUT2D eigenvalue weighted by atomic mass is 16.1. The molecule has 0 aliphatic rings. The van der Waals surface area contributed by atoms with Crippen molar-refractivity contribution in [1.82, 2.24) is 15.0 Å². The highest BCUT2D eigenvalue weighted by Crippen LogP contribution is 2.18. The number of carbonyl (C=O) groups excluding carboxylic acids is 1. The molecular formula is C23H30N4O. The minimum Gasteiger partial charge on any atom is -0.326 e. The topological polar surface area (TPSA) is 59.8 Å². The highest BCUT2D eigenvalue weighted by Gasteiger charge is 2.08. The van der Waals surface area contributed by atoms with Crippen LogP contribution in [0.3, 0.4) is 0 Å². The molecule has 3 rings (SSSR count). The van der Waals surface area contributed by atoms with Crippen LogP contribution in [-0.4, -0.2) is 20.9 Å². The van der Waals surface area contributed by atoms with Crippen molar-refractivity contribution in [3.05, 3.63) is 48.0 Å². The van der Waals surface area contributed by atoms with Crippen LogP contribution in [0.1, 0.15) is 64.4 Å². The fraction of sp³-hybridized carbons (Fsp3) is 0.435. The van der Waals surface area contributed by atoms with E-state index in [2.05, 4.69) is 53.6 Å². The number of amides is 1. The molecule has 1 aromatic heterocycles. The standard InChI is InChI=1S/C23H30N4O/c1-3-5-7-8-10-23(28)24-19-13-16-21-22(17-19)26-27(25-21)20-14-11-18(12-15-20)9-6-4-2/h11-17H,3-10H2,1-2H3,(H,24,28). The molecule has 28 heavy (non-hydrogen) atoms. The van der Waals surface area contributed by atoms with Crippen molar-refractivity contribution >= 4 is 22.6 Å². The molecule has 1 N–H and O–H groups in total. The quantitative estimate of drug-likeness (QED) is 0.462. The summed E-state index contributed by atoms with van der Waals surface area (Å²) in [4.78, 5) is 13.8. The van der Waals surface area contributed by atoms with E-state index in [4.69, 9.17) is 0 Å². The van der Waals surface area contributed by atoms with E-state index in [1.54, 1.807) is 4.80 Å². The number of carbonyl (C=O) groups is 1. The smallest absolute Gasteiger partial charge is 0.224 e. The lowest BCUT2D eigenvalue weighted by atomic mass is 10.1. The minimum absolute atomic E-state index is 0.0607. The molecule has 2 aromatic carbocycles. The fourth-order valence-electron chi connectivity index (χ4n) is 3.22. The van der Waals surface area contributed by atoms with Crippen LogP contribution in [0.2, 0.25) is 0 Å². The van der Waals surface area contributed by atoms with Crippen LogP contribution < -0.4 is 5.32 Å². The molecule has 0 saturated carbocycles. The second-order valence-corrected chi connectivity index (χ2v) is 7.32. The van der Waals surface area contributed by atoms with E-state index in [0.717, 1.165) is 41.7 Å². The van der Waals surface area contributed by atoms with Gasteiger partial charge in [0.2, 0.25) is 5.91 Å². The van der Waals surface area contributed by atoms with Crippen molar-refractivity contribution in [2.45, 2.75) is 65.2 Å². The summed E-state index contributed by atoms with van der Waals surface area (Å²) in [6.45, 7) is 4.38. The second-order valence-electron chi connectivity index (χ2n) is 7.32. The molecule has 0 bridgehead atoms. The molecule has 5 nitrogen and oxygen atoms in total. The van der Waals surface area contributed by atoms with Crippen LogP contribution in [0.25, 0.3) is 16.7 Å². The molecule has 0 fully saturated rings. The van der Waals surface area contributed by atoms with Gasteiger partial charge in [-0.25, -0.2) is 0 Å². The van der Waals surface area contributed by atoms with E-state index in [-0.39, 0.29) is 5.91 Å². The van der Waals surface area contributed by atoms with Gasteiger partial charge in [-0.1, -0.05) is 51.7 Å². The largest absolute Gasteiger partial charge is 0.326 e. The van der Waals surface area contributed by atoms with Crippen LogP contribution in [-0.2, 0) is 11.2 Å². The Morgan fingerprint density at radius 3 is 2.39 bits per heavy atom. The Labute approximate surface area is 167 Å². The highest BCUT2D eigenvalue weighted by molar-refractivity contribution is 5.92. The van der Waals surface area contributed by atoms with Crippen LogP contribution >= 0.6 is 0 Å². The maximum atomic E-state index is 12.1. The Kier molecular flexibility index (Phi) is 7.18. The normalized spacial score (nSPS) is 11.1. The minimum atomic E-state index is 0.0607. The second kappa shape index (κ2) is 10.0. The van der Waals surface area contributed by atoms with E-state index in [0.29, 0.717) is 6.42 Å². The molecule has 0 radical (unpaired) electrons. The maximum absolute atomic E-state index is 12.1. The molecule has 0 spiro atoms. The predicted octanol–water partition coefficient (Wildman–Crippen LogP) is 5.67. The van der Waals surface area contributed by atoms with E-state index in [9.17, 15) is 4.79 Å². The number of nitrogens with zero attached hydrogens (tertiary/aromatic N) is 3. The first-order chi connectivity index (χ1) is 13.7. The Morgan fingerprint density at radius 1 is 0.893 bits per heavy atom. The van der Waals surface area contributed by atoms with Gasteiger partial charge < -0.3 is 5.32 Å². The van der Waals surface area contributed by atoms with E-state index < -0.39 is 0 Å². The monoisotopic (exact) mass is 378 g/mol. The van der Waals surface area contributed by atoms with E-state index in [1.807, 2.05) is 18.2 Å². The van der Waals surface area contributed by atoms with Crippen molar-refractivity contribution in [2.24, 2.45) is 0 Å². The van der Waals surface area contributed by atoms with Gasteiger partial charge in [-0.3, -0.25) is 4.79 Å². The van der Waals surface area contributed by atoms with Gasteiger partial charge in [0.15, 0.2) is 0 Å². The van der Waals surface area contributed by atoms with Gasteiger partial charge in [-0.2, -0.15) is 4.80 Å². The van der Waals surface area contributed by atoms with Gasteiger partial charge in [0, 0.05) is 12.1 Å². The Bertz CT molecular complexity index is 899. The van der Waals surface area contributed by atoms with Crippen molar-refractivity contribution in [1.29, 1.82) is 0 Å². The maximum Gasteiger partial charge on any atom is 0.224 e. The first kappa shape index (κ1) is 20.1. The third-order valence-corrected chi connectivity index (χ3v) is 4.91. The van der Waals surface area contributed by atoms with Crippen molar-refractivity contribution < 1.29 is 4.79 Å². The van der Waals surface area contributed by atoms with Crippen molar-refractivity contribution in [3.8, 4) is 5.69 Å². The SMILES string of the molecule is CCCCCCC(=O)Nc1ccc2nn(-c3ccc(CCCC)cc3)nc2c1. The first-order valence-corrected chi connectivity index (χ1v) is 10.5. The summed E-state index contributed by atoms with van der Waals surface area (Å²) in [6, 6.07) is 14.1. The summed E-state index contributed by atoms with van der Waals surface area (Å²) in [7, 11) is 0. The number of aryl methyl sites for hydroxylation is 1. The molecule has 1 amide bonds.